The molecule has 0 saturated carbocycles. The van der Waals surface area contributed by atoms with E-state index in [2.05, 4.69) is 5.32 Å². The summed E-state index contributed by atoms with van der Waals surface area (Å²) < 4.78 is 36.8. The van der Waals surface area contributed by atoms with E-state index in [-0.39, 0.29) is 0 Å². The third-order valence-corrected chi connectivity index (χ3v) is 8.22. The molecule has 36 heavy (non-hydrogen) atoms. The molecule has 1 heterocycles. The van der Waals surface area contributed by atoms with Crippen molar-refractivity contribution in [1.29, 1.82) is 0 Å². The number of aryl methyl sites for hydroxylation is 1. The van der Waals surface area contributed by atoms with Gasteiger partial charge in [-0.15, -0.1) is 11.3 Å². The van der Waals surface area contributed by atoms with Crippen molar-refractivity contribution >= 4 is 43.9 Å². The number of sulfonamides is 1. The van der Waals surface area contributed by atoms with Crippen molar-refractivity contribution in [3.63, 3.8) is 0 Å². The standard InChI is InChI=1S/C26H28N2O6S2/c1-33-26(30)24-21-10-6-7-11-22(21)35-25(24)27-23(29)16-28(36(2,31)32)19-12-14-20(15-13-19)34-17-18-8-4-3-5-9-18/h3-5,8-9,12-15H,6-7,10-11,16-17H2,1-2H3,(H,27,29). The fourth-order valence-electron chi connectivity index (χ4n) is 4.12. The molecule has 3 aromatic rings. The number of thiophene rings is 1. The Hall–Kier alpha value is -3.37. The summed E-state index contributed by atoms with van der Waals surface area (Å²) in [6.07, 6.45) is 4.63. The Morgan fingerprint density at radius 3 is 2.39 bits per heavy atom. The van der Waals surface area contributed by atoms with Crippen molar-refractivity contribution < 1.29 is 27.5 Å². The molecule has 0 fully saturated rings. The highest BCUT2D eigenvalue weighted by atomic mass is 32.2. The highest BCUT2D eigenvalue weighted by Gasteiger charge is 2.28. The van der Waals surface area contributed by atoms with E-state index in [1.807, 2.05) is 30.3 Å². The average Bonchev–Trinajstić information content (AvgIpc) is 3.23. The number of hydrogen-bond donors (Lipinski definition) is 1. The fourth-order valence-corrected chi connectivity index (χ4v) is 6.27. The van der Waals surface area contributed by atoms with Crippen LogP contribution in [0.1, 0.15) is 39.2 Å². The minimum Gasteiger partial charge on any atom is -0.489 e. The van der Waals surface area contributed by atoms with Gasteiger partial charge in [-0.2, -0.15) is 0 Å². The first-order chi connectivity index (χ1) is 17.3. The topological polar surface area (TPSA) is 102 Å². The van der Waals surface area contributed by atoms with Crippen LogP contribution in [0.15, 0.2) is 54.6 Å². The van der Waals surface area contributed by atoms with Gasteiger partial charge in [0.25, 0.3) is 0 Å². The van der Waals surface area contributed by atoms with Crippen LogP contribution in [0.4, 0.5) is 10.7 Å². The van der Waals surface area contributed by atoms with Crippen molar-refractivity contribution in [2.75, 3.05) is 29.5 Å². The molecule has 0 saturated heterocycles. The van der Waals surface area contributed by atoms with Gasteiger partial charge in [0.2, 0.25) is 15.9 Å². The Morgan fingerprint density at radius 2 is 1.72 bits per heavy atom. The zero-order valence-electron chi connectivity index (χ0n) is 20.2. The monoisotopic (exact) mass is 528 g/mol. The average molecular weight is 529 g/mol. The van der Waals surface area contributed by atoms with E-state index in [0.29, 0.717) is 28.6 Å². The van der Waals surface area contributed by atoms with Crippen molar-refractivity contribution in [3.05, 3.63) is 76.2 Å². The van der Waals surface area contributed by atoms with E-state index in [1.165, 1.54) is 18.4 Å². The molecular weight excluding hydrogens is 500 g/mol. The Kier molecular flexibility index (Phi) is 7.95. The van der Waals surface area contributed by atoms with E-state index < -0.39 is 28.4 Å². The maximum Gasteiger partial charge on any atom is 0.341 e. The van der Waals surface area contributed by atoms with Crippen molar-refractivity contribution in [2.45, 2.75) is 32.3 Å². The van der Waals surface area contributed by atoms with Crippen LogP contribution >= 0.6 is 11.3 Å². The number of nitrogens with zero attached hydrogens (tertiary/aromatic N) is 1. The van der Waals surface area contributed by atoms with E-state index >= 15 is 0 Å². The van der Waals surface area contributed by atoms with Crippen LogP contribution in [0.5, 0.6) is 5.75 Å². The lowest BCUT2D eigenvalue weighted by molar-refractivity contribution is -0.114. The number of nitrogens with one attached hydrogen (secondary N) is 1. The number of carbonyl (C=O) groups excluding carboxylic acids is 2. The van der Waals surface area contributed by atoms with E-state index in [9.17, 15) is 18.0 Å². The van der Waals surface area contributed by atoms with Crippen molar-refractivity contribution in [2.24, 2.45) is 0 Å². The van der Waals surface area contributed by atoms with Crippen molar-refractivity contribution in [3.8, 4) is 5.75 Å². The maximum absolute atomic E-state index is 13.0. The van der Waals surface area contributed by atoms with Crippen LogP contribution in [-0.4, -0.2) is 40.2 Å². The molecule has 1 aliphatic carbocycles. The lowest BCUT2D eigenvalue weighted by Gasteiger charge is -2.22. The molecule has 0 unspecified atom stereocenters. The number of benzene rings is 2. The summed E-state index contributed by atoms with van der Waals surface area (Å²) in [5.74, 6) is -0.475. The highest BCUT2D eigenvalue weighted by molar-refractivity contribution is 7.92. The third-order valence-electron chi connectivity index (χ3n) is 5.87. The molecule has 10 heteroatoms. The zero-order chi connectivity index (χ0) is 25.7. The molecule has 190 valence electrons. The maximum atomic E-state index is 13.0. The zero-order valence-corrected chi connectivity index (χ0v) is 21.8. The molecule has 0 atom stereocenters. The van der Waals surface area contributed by atoms with Crippen LogP contribution in [0.2, 0.25) is 0 Å². The molecule has 1 N–H and O–H groups in total. The number of ether oxygens (including phenoxy) is 2. The summed E-state index contributed by atoms with van der Waals surface area (Å²) in [6.45, 7) is -0.0576. The molecule has 1 amide bonds. The van der Waals surface area contributed by atoms with E-state index in [0.717, 1.165) is 52.2 Å². The second-order valence-corrected chi connectivity index (χ2v) is 11.5. The first-order valence-electron chi connectivity index (χ1n) is 11.5. The SMILES string of the molecule is COC(=O)c1c(NC(=O)CN(c2ccc(OCc3ccccc3)cc2)S(C)(=O)=O)sc2c1CCCC2. The number of anilines is 2. The van der Waals surface area contributed by atoms with Gasteiger partial charge in [-0.3, -0.25) is 9.10 Å². The Morgan fingerprint density at radius 1 is 1.03 bits per heavy atom. The van der Waals surface area contributed by atoms with Gasteiger partial charge in [0, 0.05) is 4.88 Å². The Balaban J connectivity index is 1.48. The lowest BCUT2D eigenvalue weighted by atomic mass is 9.95. The van der Waals surface area contributed by atoms with Crippen LogP contribution in [0, 0.1) is 0 Å². The second-order valence-electron chi connectivity index (χ2n) is 8.49. The van der Waals surface area contributed by atoms with Crippen LogP contribution < -0.4 is 14.4 Å². The van der Waals surface area contributed by atoms with E-state index in [4.69, 9.17) is 9.47 Å². The number of fused-ring (bicyclic) bond motifs is 1. The summed E-state index contributed by atoms with van der Waals surface area (Å²) in [4.78, 5) is 26.5. The Bertz CT molecular complexity index is 1330. The summed E-state index contributed by atoms with van der Waals surface area (Å²) in [5.41, 5.74) is 2.63. The number of amides is 1. The van der Waals surface area contributed by atoms with Gasteiger partial charge in [0.15, 0.2) is 0 Å². The molecule has 0 radical (unpaired) electrons. The van der Waals surface area contributed by atoms with Crippen molar-refractivity contribution in [1.82, 2.24) is 0 Å². The molecule has 0 bridgehead atoms. The number of hydrogen-bond acceptors (Lipinski definition) is 7. The van der Waals surface area contributed by atoms with Gasteiger partial charge in [-0.05, 0) is 61.1 Å². The molecule has 1 aromatic heterocycles. The van der Waals surface area contributed by atoms with Gasteiger partial charge in [-0.1, -0.05) is 30.3 Å². The van der Waals surface area contributed by atoms with Crippen LogP contribution in [0.3, 0.4) is 0 Å². The van der Waals surface area contributed by atoms with Gasteiger partial charge >= 0.3 is 5.97 Å². The van der Waals surface area contributed by atoms with Crippen LogP contribution in [0.25, 0.3) is 0 Å². The van der Waals surface area contributed by atoms with Gasteiger partial charge in [0.1, 0.15) is 23.9 Å². The highest BCUT2D eigenvalue weighted by Crippen LogP contribution is 2.38. The summed E-state index contributed by atoms with van der Waals surface area (Å²) in [5, 5.41) is 3.15. The predicted molar refractivity (Wildman–Crippen MR) is 140 cm³/mol. The number of rotatable bonds is 9. The Labute approximate surface area is 214 Å². The molecule has 8 nitrogen and oxygen atoms in total. The predicted octanol–water partition coefficient (Wildman–Crippen LogP) is 4.40. The molecule has 2 aromatic carbocycles. The minimum absolute atomic E-state index is 0.332. The van der Waals surface area contributed by atoms with Crippen LogP contribution in [-0.2, 0) is 39.0 Å². The number of esters is 1. The quantitative estimate of drug-likeness (QED) is 0.413. The minimum atomic E-state index is -3.76. The van der Waals surface area contributed by atoms with Gasteiger partial charge in [0.05, 0.1) is 24.6 Å². The molecule has 0 spiro atoms. The molecular formula is C26H28N2O6S2. The number of carbonyl (C=O) groups is 2. The van der Waals surface area contributed by atoms with Gasteiger partial charge < -0.3 is 14.8 Å². The lowest BCUT2D eigenvalue weighted by Crippen LogP contribution is -2.37. The summed E-state index contributed by atoms with van der Waals surface area (Å²) in [7, 11) is -2.46. The summed E-state index contributed by atoms with van der Waals surface area (Å²) >= 11 is 1.35. The molecule has 1 aliphatic rings. The third kappa shape index (κ3) is 6.06. The molecule has 4 rings (SSSR count). The first kappa shape index (κ1) is 25.7. The van der Waals surface area contributed by atoms with E-state index in [1.54, 1.807) is 24.3 Å². The fraction of sp³-hybridized carbons (Fsp3) is 0.308. The normalized spacial score (nSPS) is 12.9. The largest absolute Gasteiger partial charge is 0.489 e. The molecule has 0 aliphatic heterocycles. The summed E-state index contributed by atoms with van der Waals surface area (Å²) in [6, 6.07) is 16.2. The number of methoxy groups -OCH3 is 1. The second kappa shape index (κ2) is 11.1. The van der Waals surface area contributed by atoms with Gasteiger partial charge in [-0.25, -0.2) is 13.2 Å². The first-order valence-corrected chi connectivity index (χ1v) is 14.2. The smallest absolute Gasteiger partial charge is 0.341 e.